The number of nitrogen functional groups attached to an aromatic ring is 1. The molecule has 0 spiro atoms. The maximum atomic E-state index is 13.5. The van der Waals surface area contributed by atoms with Gasteiger partial charge in [0.05, 0.1) is 16.4 Å². The van der Waals surface area contributed by atoms with Gasteiger partial charge in [0.15, 0.2) is 0 Å². The van der Waals surface area contributed by atoms with E-state index in [1.807, 2.05) is 0 Å². The van der Waals surface area contributed by atoms with Crippen LogP contribution in [-0.4, -0.2) is 0 Å². The smallest absolute Gasteiger partial charge is 0.143 e. The summed E-state index contributed by atoms with van der Waals surface area (Å²) in [4.78, 5) is 0. The van der Waals surface area contributed by atoms with E-state index >= 15 is 0 Å². The normalized spacial score (nSPS) is 10.7. The molecule has 2 rings (SSSR count). The number of halogens is 3. The lowest BCUT2D eigenvalue weighted by Crippen LogP contribution is -2.04. The van der Waals surface area contributed by atoms with Crippen molar-refractivity contribution in [2.24, 2.45) is 0 Å². The average Bonchev–Trinajstić information content (AvgIpc) is 2.38. The summed E-state index contributed by atoms with van der Waals surface area (Å²) >= 11 is 5.64. The third-order valence-corrected chi connectivity index (χ3v) is 3.36. The number of aryl methyl sites for hydroxylation is 2. The number of nitrogens with two attached hydrogens (primary N) is 1. The molecule has 2 aromatic rings. The minimum absolute atomic E-state index is 0.0125. The molecular formula is C15H15ClF2N2. The van der Waals surface area contributed by atoms with Crippen LogP contribution in [0.25, 0.3) is 0 Å². The van der Waals surface area contributed by atoms with Crippen LogP contribution in [0.4, 0.5) is 20.2 Å². The molecule has 0 unspecified atom stereocenters. The Labute approximate surface area is 121 Å². The van der Waals surface area contributed by atoms with Gasteiger partial charge in [0, 0.05) is 12.6 Å². The fourth-order valence-electron chi connectivity index (χ4n) is 2.05. The van der Waals surface area contributed by atoms with E-state index in [1.165, 1.54) is 12.1 Å². The van der Waals surface area contributed by atoms with Gasteiger partial charge in [-0.05, 0) is 36.6 Å². The molecule has 0 atom stereocenters. The molecule has 0 fully saturated rings. The lowest BCUT2D eigenvalue weighted by Gasteiger charge is -2.12. The molecule has 2 aromatic carbocycles. The Bertz CT molecular complexity index is 634. The monoisotopic (exact) mass is 296 g/mol. The lowest BCUT2D eigenvalue weighted by atomic mass is 10.1. The average molecular weight is 297 g/mol. The number of hydrogen-bond donors (Lipinski definition) is 2. The third-order valence-electron chi connectivity index (χ3n) is 3.07. The molecule has 106 valence electrons. The van der Waals surface area contributed by atoms with E-state index in [1.54, 1.807) is 26.0 Å². The Morgan fingerprint density at radius 3 is 2.30 bits per heavy atom. The van der Waals surface area contributed by atoms with Crippen LogP contribution >= 0.6 is 11.6 Å². The zero-order valence-corrected chi connectivity index (χ0v) is 12.0. The van der Waals surface area contributed by atoms with Gasteiger partial charge >= 0.3 is 0 Å². The number of hydrogen-bond acceptors (Lipinski definition) is 2. The summed E-state index contributed by atoms with van der Waals surface area (Å²) in [5, 5.41) is 3.01. The van der Waals surface area contributed by atoms with Crippen molar-refractivity contribution in [3.63, 3.8) is 0 Å². The molecule has 0 aliphatic carbocycles. The van der Waals surface area contributed by atoms with Gasteiger partial charge in [-0.15, -0.1) is 0 Å². The van der Waals surface area contributed by atoms with Crippen molar-refractivity contribution >= 4 is 23.0 Å². The third kappa shape index (κ3) is 3.02. The molecule has 20 heavy (non-hydrogen) atoms. The first kappa shape index (κ1) is 14.6. The van der Waals surface area contributed by atoms with Crippen LogP contribution in [0, 0.1) is 25.5 Å². The van der Waals surface area contributed by atoms with Gasteiger partial charge < -0.3 is 11.1 Å². The van der Waals surface area contributed by atoms with E-state index in [0.29, 0.717) is 29.0 Å². The van der Waals surface area contributed by atoms with E-state index < -0.39 is 5.82 Å². The van der Waals surface area contributed by atoms with Gasteiger partial charge in [0.25, 0.3) is 0 Å². The predicted octanol–water partition coefficient (Wildman–Crippen LogP) is 4.43. The molecule has 0 aromatic heterocycles. The van der Waals surface area contributed by atoms with Crippen molar-refractivity contribution < 1.29 is 8.78 Å². The van der Waals surface area contributed by atoms with Crippen molar-refractivity contribution in [1.82, 2.24) is 0 Å². The molecule has 2 nitrogen and oxygen atoms in total. The zero-order valence-electron chi connectivity index (χ0n) is 11.2. The summed E-state index contributed by atoms with van der Waals surface area (Å²) in [6, 6.07) is 6.11. The second-order valence-electron chi connectivity index (χ2n) is 4.75. The molecule has 0 amide bonds. The Balaban J connectivity index is 2.19. The predicted molar refractivity (Wildman–Crippen MR) is 79.0 cm³/mol. The maximum absolute atomic E-state index is 13.5. The molecule has 3 N–H and O–H groups in total. The standard InChI is InChI=1S/C15H15ClF2N2/c1-8-3-10(4-9(2)15(8)18)7-20-14-6-12(17)11(16)5-13(14)19/h3-6,20H,7,19H2,1-2H3. The number of rotatable bonds is 3. The molecule has 0 aliphatic rings. The summed E-state index contributed by atoms with van der Waals surface area (Å²) in [6.45, 7) is 3.84. The van der Waals surface area contributed by atoms with Gasteiger partial charge in [-0.3, -0.25) is 0 Å². The van der Waals surface area contributed by atoms with Crippen LogP contribution in [0.2, 0.25) is 5.02 Å². The van der Waals surface area contributed by atoms with Crippen molar-refractivity contribution in [2.75, 3.05) is 11.1 Å². The largest absolute Gasteiger partial charge is 0.397 e. The van der Waals surface area contributed by atoms with Crippen molar-refractivity contribution in [1.29, 1.82) is 0 Å². The van der Waals surface area contributed by atoms with E-state index in [2.05, 4.69) is 5.32 Å². The van der Waals surface area contributed by atoms with Gasteiger partial charge in [0.1, 0.15) is 11.6 Å². The summed E-state index contributed by atoms with van der Waals surface area (Å²) in [6.07, 6.45) is 0. The molecule has 0 saturated heterocycles. The highest BCUT2D eigenvalue weighted by atomic mass is 35.5. The highest BCUT2D eigenvalue weighted by Crippen LogP contribution is 2.26. The van der Waals surface area contributed by atoms with Crippen molar-refractivity contribution in [3.8, 4) is 0 Å². The Hall–Kier alpha value is -1.81. The molecule has 0 radical (unpaired) electrons. The summed E-state index contributed by atoms with van der Waals surface area (Å²) in [5.74, 6) is -0.736. The second kappa shape index (κ2) is 5.67. The summed E-state index contributed by atoms with van der Waals surface area (Å²) in [5.41, 5.74) is 8.66. The fourth-order valence-corrected chi connectivity index (χ4v) is 2.22. The minimum atomic E-state index is -0.533. The zero-order chi connectivity index (χ0) is 14.9. The molecular weight excluding hydrogens is 282 g/mol. The maximum Gasteiger partial charge on any atom is 0.143 e. The number of anilines is 2. The van der Waals surface area contributed by atoms with Crippen LogP contribution < -0.4 is 11.1 Å². The number of nitrogens with one attached hydrogen (secondary N) is 1. The first-order chi connectivity index (χ1) is 9.38. The van der Waals surface area contributed by atoms with Crippen LogP contribution in [0.5, 0.6) is 0 Å². The minimum Gasteiger partial charge on any atom is -0.397 e. The van der Waals surface area contributed by atoms with E-state index in [9.17, 15) is 8.78 Å². The Morgan fingerprint density at radius 1 is 1.10 bits per heavy atom. The van der Waals surface area contributed by atoms with Crippen LogP contribution in [0.3, 0.4) is 0 Å². The second-order valence-corrected chi connectivity index (χ2v) is 5.16. The van der Waals surface area contributed by atoms with Gasteiger partial charge in [0.2, 0.25) is 0 Å². The lowest BCUT2D eigenvalue weighted by molar-refractivity contribution is 0.608. The molecule has 0 heterocycles. The summed E-state index contributed by atoms with van der Waals surface area (Å²) in [7, 11) is 0. The van der Waals surface area contributed by atoms with E-state index in [0.717, 1.165) is 5.56 Å². The first-order valence-corrected chi connectivity index (χ1v) is 6.50. The van der Waals surface area contributed by atoms with Crippen molar-refractivity contribution in [2.45, 2.75) is 20.4 Å². The fraction of sp³-hybridized carbons (Fsp3) is 0.200. The van der Waals surface area contributed by atoms with Gasteiger partial charge in [-0.2, -0.15) is 0 Å². The van der Waals surface area contributed by atoms with Crippen molar-refractivity contribution in [3.05, 3.63) is 57.6 Å². The van der Waals surface area contributed by atoms with Crippen LogP contribution in [-0.2, 0) is 6.54 Å². The molecule has 0 bridgehead atoms. The SMILES string of the molecule is Cc1cc(CNc2cc(F)c(Cl)cc2N)cc(C)c1F. The highest BCUT2D eigenvalue weighted by Gasteiger charge is 2.08. The molecule has 0 aliphatic heterocycles. The Kier molecular flexibility index (Phi) is 4.14. The molecule has 5 heteroatoms. The number of benzene rings is 2. The Morgan fingerprint density at radius 2 is 1.70 bits per heavy atom. The van der Waals surface area contributed by atoms with Crippen LogP contribution in [0.1, 0.15) is 16.7 Å². The topological polar surface area (TPSA) is 38.0 Å². The highest BCUT2D eigenvalue weighted by molar-refractivity contribution is 6.31. The van der Waals surface area contributed by atoms with Gasteiger partial charge in [-0.25, -0.2) is 8.78 Å². The van der Waals surface area contributed by atoms with Gasteiger partial charge in [-0.1, -0.05) is 23.7 Å². The van der Waals surface area contributed by atoms with E-state index in [-0.39, 0.29) is 10.8 Å². The first-order valence-electron chi connectivity index (χ1n) is 6.12. The quantitative estimate of drug-likeness (QED) is 0.822. The summed E-state index contributed by atoms with van der Waals surface area (Å²) < 4.78 is 26.9. The molecule has 0 saturated carbocycles. The van der Waals surface area contributed by atoms with Crippen LogP contribution in [0.15, 0.2) is 24.3 Å². The van der Waals surface area contributed by atoms with E-state index in [4.69, 9.17) is 17.3 Å².